The van der Waals surface area contributed by atoms with E-state index in [-0.39, 0.29) is 17.4 Å². The Labute approximate surface area is 82.3 Å². The maximum absolute atomic E-state index is 11.3. The lowest BCUT2D eigenvalue weighted by molar-refractivity contribution is -0.114. The Bertz CT molecular complexity index is 372. The van der Waals surface area contributed by atoms with Crippen LogP contribution >= 0.6 is 0 Å². The number of benzene rings is 1. The van der Waals surface area contributed by atoms with Gasteiger partial charge in [-0.15, -0.1) is 0 Å². The van der Waals surface area contributed by atoms with Gasteiger partial charge in [-0.05, 0) is 12.1 Å². The summed E-state index contributed by atoms with van der Waals surface area (Å²) in [7, 11) is 3.03. The molecule has 0 aliphatic carbocycles. The average Bonchev–Trinajstić information content (AvgIpc) is 2.21. The van der Waals surface area contributed by atoms with Crippen molar-refractivity contribution < 1.29 is 9.90 Å². The number of phenolic OH excluding ortho intramolecular Hbond substituents is 1. The minimum absolute atomic E-state index is 0.0525. The summed E-state index contributed by atoms with van der Waals surface area (Å²) in [6.07, 6.45) is 0. The molecule has 4 heteroatoms. The lowest BCUT2D eigenvalue weighted by Crippen LogP contribution is -2.28. The first-order valence-electron chi connectivity index (χ1n) is 4.18. The molecular weight excluding hydrogens is 180 g/mol. The number of nitrogens with zero attached hydrogens (tertiary/aromatic N) is 1. The first kappa shape index (κ1) is 10.2. The quantitative estimate of drug-likeness (QED) is 0.672. The van der Waals surface area contributed by atoms with Gasteiger partial charge in [-0.1, -0.05) is 12.1 Å². The summed E-state index contributed by atoms with van der Waals surface area (Å²) >= 11 is 0. The Morgan fingerprint density at radius 1 is 1.43 bits per heavy atom. The molecule has 0 radical (unpaired) electrons. The summed E-state index contributed by atoms with van der Waals surface area (Å²) < 4.78 is 0. The molecule has 0 saturated carbocycles. The lowest BCUT2D eigenvalue weighted by atomic mass is 10.1. The highest BCUT2D eigenvalue weighted by Gasteiger charge is 2.14. The van der Waals surface area contributed by atoms with Crippen LogP contribution in [0.4, 0.5) is 0 Å². The molecule has 4 nitrogen and oxygen atoms in total. The van der Waals surface area contributed by atoms with Gasteiger partial charge in [0, 0.05) is 19.7 Å². The second kappa shape index (κ2) is 4.41. The number of aromatic hydroxyl groups is 1. The highest BCUT2D eigenvalue weighted by molar-refractivity contribution is 6.45. The van der Waals surface area contributed by atoms with Gasteiger partial charge in [0.05, 0.1) is 0 Å². The van der Waals surface area contributed by atoms with Crippen molar-refractivity contribution in [3.63, 3.8) is 0 Å². The number of hydrogen-bond acceptors (Lipinski definition) is 3. The Morgan fingerprint density at radius 2 is 2.07 bits per heavy atom. The largest absolute Gasteiger partial charge is 0.507 e. The van der Waals surface area contributed by atoms with Gasteiger partial charge in [0.15, 0.2) is 0 Å². The predicted octanol–water partition coefficient (Wildman–Crippen LogP) is 0.557. The number of nitrogens with one attached hydrogen (secondary N) is 1. The first-order chi connectivity index (χ1) is 6.70. The third-order valence-corrected chi connectivity index (χ3v) is 1.82. The second-order valence-electron chi connectivity index (χ2n) is 2.67. The van der Waals surface area contributed by atoms with Gasteiger partial charge in [0.25, 0.3) is 5.91 Å². The van der Waals surface area contributed by atoms with Gasteiger partial charge < -0.3 is 10.4 Å². The van der Waals surface area contributed by atoms with E-state index in [4.69, 9.17) is 0 Å². The van der Waals surface area contributed by atoms with Crippen molar-refractivity contribution in [3.8, 4) is 5.75 Å². The van der Waals surface area contributed by atoms with Crippen molar-refractivity contribution in [3.05, 3.63) is 29.8 Å². The van der Waals surface area contributed by atoms with E-state index in [1.807, 2.05) is 0 Å². The predicted molar refractivity (Wildman–Crippen MR) is 54.6 cm³/mol. The van der Waals surface area contributed by atoms with E-state index in [1.165, 1.54) is 20.2 Å². The van der Waals surface area contributed by atoms with Crippen LogP contribution in [0, 0.1) is 0 Å². The molecule has 0 aliphatic rings. The monoisotopic (exact) mass is 192 g/mol. The third kappa shape index (κ3) is 1.90. The SMILES string of the molecule is CN=C(C(=O)NC)c1ccccc1O. The van der Waals surface area contributed by atoms with Crippen LogP contribution in [0.5, 0.6) is 5.75 Å². The Hall–Kier alpha value is -1.84. The number of aliphatic imine (C=N–C) groups is 1. The number of carbonyl (C=O) groups is 1. The summed E-state index contributed by atoms with van der Waals surface area (Å²) in [6.45, 7) is 0. The van der Waals surface area contributed by atoms with Gasteiger partial charge in [-0.3, -0.25) is 9.79 Å². The number of phenols is 1. The van der Waals surface area contributed by atoms with Gasteiger partial charge >= 0.3 is 0 Å². The summed E-state index contributed by atoms with van der Waals surface area (Å²) in [5.74, 6) is -0.259. The van der Waals surface area contributed by atoms with Gasteiger partial charge in [0.1, 0.15) is 11.5 Å². The normalized spacial score (nSPS) is 11.1. The molecule has 0 aromatic heterocycles. The van der Waals surface area contributed by atoms with Crippen LogP contribution < -0.4 is 5.32 Å². The zero-order valence-electron chi connectivity index (χ0n) is 8.11. The van der Waals surface area contributed by atoms with E-state index < -0.39 is 0 Å². The van der Waals surface area contributed by atoms with Crippen molar-refractivity contribution in [2.45, 2.75) is 0 Å². The minimum Gasteiger partial charge on any atom is -0.507 e. The summed E-state index contributed by atoms with van der Waals surface area (Å²) in [4.78, 5) is 15.2. The molecular formula is C10H12N2O2. The average molecular weight is 192 g/mol. The maximum atomic E-state index is 11.3. The van der Waals surface area contributed by atoms with E-state index in [2.05, 4.69) is 10.3 Å². The van der Waals surface area contributed by atoms with Crippen LogP contribution in [-0.2, 0) is 4.79 Å². The smallest absolute Gasteiger partial charge is 0.269 e. The van der Waals surface area contributed by atoms with Crippen molar-refractivity contribution >= 4 is 11.6 Å². The molecule has 1 amide bonds. The molecule has 0 unspecified atom stereocenters. The minimum atomic E-state index is -0.311. The molecule has 0 spiro atoms. The fourth-order valence-corrected chi connectivity index (χ4v) is 1.14. The molecule has 1 rings (SSSR count). The zero-order valence-corrected chi connectivity index (χ0v) is 8.11. The van der Waals surface area contributed by atoms with Crippen LogP contribution in [0.15, 0.2) is 29.3 Å². The molecule has 1 aromatic carbocycles. The highest BCUT2D eigenvalue weighted by Crippen LogP contribution is 2.16. The van der Waals surface area contributed by atoms with Crippen molar-refractivity contribution in [1.82, 2.24) is 5.32 Å². The number of para-hydroxylation sites is 1. The van der Waals surface area contributed by atoms with E-state index in [9.17, 15) is 9.90 Å². The topological polar surface area (TPSA) is 61.7 Å². The molecule has 14 heavy (non-hydrogen) atoms. The number of carbonyl (C=O) groups excluding carboxylic acids is 1. The third-order valence-electron chi connectivity index (χ3n) is 1.82. The van der Waals surface area contributed by atoms with Crippen molar-refractivity contribution in [1.29, 1.82) is 0 Å². The summed E-state index contributed by atoms with van der Waals surface area (Å²) in [5.41, 5.74) is 0.667. The van der Waals surface area contributed by atoms with Crippen LogP contribution in [0.2, 0.25) is 0 Å². The summed E-state index contributed by atoms with van der Waals surface area (Å²) in [5, 5.41) is 12.0. The highest BCUT2D eigenvalue weighted by atomic mass is 16.3. The lowest BCUT2D eigenvalue weighted by Gasteiger charge is -2.05. The number of amides is 1. The van der Waals surface area contributed by atoms with Crippen LogP contribution in [0.1, 0.15) is 5.56 Å². The van der Waals surface area contributed by atoms with E-state index in [0.717, 1.165) is 0 Å². The van der Waals surface area contributed by atoms with Gasteiger partial charge in [-0.2, -0.15) is 0 Å². The summed E-state index contributed by atoms with van der Waals surface area (Å²) in [6, 6.07) is 6.59. The fourth-order valence-electron chi connectivity index (χ4n) is 1.14. The van der Waals surface area contributed by atoms with Crippen molar-refractivity contribution in [2.75, 3.05) is 14.1 Å². The first-order valence-corrected chi connectivity index (χ1v) is 4.18. The number of likely N-dealkylation sites (N-methyl/N-ethyl adjacent to an activating group) is 1. The van der Waals surface area contributed by atoms with Crippen LogP contribution in [-0.4, -0.2) is 30.8 Å². The van der Waals surface area contributed by atoms with Gasteiger partial charge in [0.2, 0.25) is 0 Å². The Kier molecular flexibility index (Phi) is 3.23. The maximum Gasteiger partial charge on any atom is 0.269 e. The molecule has 1 aromatic rings. The van der Waals surface area contributed by atoms with E-state index in [0.29, 0.717) is 5.56 Å². The molecule has 0 saturated heterocycles. The molecule has 0 fully saturated rings. The number of hydrogen-bond donors (Lipinski definition) is 2. The van der Waals surface area contributed by atoms with Gasteiger partial charge in [-0.25, -0.2) is 0 Å². The van der Waals surface area contributed by atoms with Crippen molar-refractivity contribution in [2.24, 2.45) is 4.99 Å². The van der Waals surface area contributed by atoms with Crippen LogP contribution in [0.3, 0.4) is 0 Å². The number of rotatable bonds is 2. The Morgan fingerprint density at radius 3 is 2.57 bits per heavy atom. The molecule has 0 bridgehead atoms. The zero-order chi connectivity index (χ0) is 10.6. The standard InChI is InChI=1S/C10H12N2O2/c1-11-9(10(14)12-2)7-5-3-4-6-8(7)13/h3-6,13H,1-2H3,(H,12,14). The molecule has 2 N–H and O–H groups in total. The Balaban J connectivity index is 3.15. The molecule has 0 aliphatic heterocycles. The molecule has 74 valence electrons. The molecule has 0 atom stereocenters. The fraction of sp³-hybridized carbons (Fsp3) is 0.200. The van der Waals surface area contributed by atoms with Crippen LogP contribution in [0.25, 0.3) is 0 Å². The van der Waals surface area contributed by atoms with E-state index in [1.54, 1.807) is 18.2 Å². The van der Waals surface area contributed by atoms with E-state index >= 15 is 0 Å². The molecule has 0 heterocycles. The second-order valence-corrected chi connectivity index (χ2v) is 2.67.